The summed E-state index contributed by atoms with van der Waals surface area (Å²) in [5.74, 6) is -0.256. The Bertz CT molecular complexity index is 488. The number of nitrogens with zero attached hydrogens (tertiary/aromatic N) is 1. The van der Waals surface area contributed by atoms with E-state index in [1.807, 2.05) is 0 Å². The molecule has 78 valence electrons. The number of carboxylic acids is 1. The van der Waals surface area contributed by atoms with Gasteiger partial charge in [-0.25, -0.2) is 4.79 Å². The Morgan fingerprint density at radius 1 is 1.67 bits per heavy atom. The minimum Gasteiger partial charge on any atom is -0.479 e. The molecule has 0 aromatic carbocycles. The van der Waals surface area contributed by atoms with Gasteiger partial charge in [-0.3, -0.25) is 0 Å². The van der Waals surface area contributed by atoms with E-state index in [4.69, 9.17) is 14.4 Å². The molecule has 0 bridgehead atoms. The van der Waals surface area contributed by atoms with Gasteiger partial charge in [0.1, 0.15) is 4.88 Å². The van der Waals surface area contributed by atoms with Gasteiger partial charge in [0.15, 0.2) is 5.76 Å². The summed E-state index contributed by atoms with van der Waals surface area (Å²) in [6, 6.07) is 3.22. The molecule has 2 rings (SSSR count). The minimum absolute atomic E-state index is 0.230. The maximum Gasteiger partial charge on any atom is 0.346 e. The molecule has 0 aliphatic heterocycles. The number of rotatable bonds is 3. The summed E-state index contributed by atoms with van der Waals surface area (Å²) in [5, 5.41) is 14.2. The fourth-order valence-corrected chi connectivity index (χ4v) is 1.89. The average Bonchev–Trinajstić information content (AvgIpc) is 2.85. The molecule has 0 saturated heterocycles. The molecule has 0 spiro atoms. The van der Waals surface area contributed by atoms with Crippen LogP contribution in [-0.4, -0.2) is 23.3 Å². The van der Waals surface area contributed by atoms with Gasteiger partial charge in [-0.15, -0.1) is 11.3 Å². The summed E-state index contributed by atoms with van der Waals surface area (Å²) in [6.07, 6.45) is 0. The highest BCUT2D eigenvalue weighted by molar-refractivity contribution is 7.12. The van der Waals surface area contributed by atoms with Crippen molar-refractivity contribution in [2.24, 2.45) is 0 Å². The largest absolute Gasteiger partial charge is 0.479 e. The highest BCUT2D eigenvalue weighted by Crippen LogP contribution is 2.30. The number of aromatic nitrogens is 1. The van der Waals surface area contributed by atoms with E-state index in [-0.39, 0.29) is 4.88 Å². The number of hydrogen-bond acceptors (Lipinski definition) is 5. The molecular weight excluding hydrogens is 218 g/mol. The molecule has 0 saturated carbocycles. The summed E-state index contributed by atoms with van der Waals surface area (Å²) in [4.78, 5) is 11.1. The molecule has 15 heavy (non-hydrogen) atoms. The molecule has 0 radical (unpaired) electrons. The van der Waals surface area contributed by atoms with E-state index < -0.39 is 5.97 Å². The first-order valence-electron chi connectivity index (χ1n) is 4.04. The third-order valence-corrected chi connectivity index (χ3v) is 2.73. The fourth-order valence-electron chi connectivity index (χ4n) is 1.15. The van der Waals surface area contributed by atoms with Crippen LogP contribution in [0, 0.1) is 0 Å². The topological polar surface area (TPSA) is 72.6 Å². The summed E-state index contributed by atoms with van der Waals surface area (Å²) < 4.78 is 9.80. The number of ether oxygens (including phenoxy) is 1. The lowest BCUT2D eigenvalue weighted by Gasteiger charge is -1.92. The molecular formula is C9H7NO4S. The molecule has 0 amide bonds. The zero-order valence-electron chi connectivity index (χ0n) is 7.76. The van der Waals surface area contributed by atoms with Crippen LogP contribution >= 0.6 is 11.3 Å². The number of hydrogen-bond donors (Lipinski definition) is 1. The molecule has 2 heterocycles. The predicted octanol–water partition coefficient (Wildman–Crippen LogP) is 2.11. The number of aromatic carboxylic acids is 1. The van der Waals surface area contributed by atoms with Crippen molar-refractivity contribution in [1.82, 2.24) is 5.16 Å². The lowest BCUT2D eigenvalue weighted by Crippen LogP contribution is -1.93. The summed E-state index contributed by atoms with van der Waals surface area (Å²) in [5.41, 5.74) is 0.517. The molecule has 5 nitrogen and oxygen atoms in total. The zero-order chi connectivity index (χ0) is 10.8. The van der Waals surface area contributed by atoms with Gasteiger partial charge >= 0.3 is 5.97 Å². The molecule has 2 aromatic rings. The van der Waals surface area contributed by atoms with Crippen molar-refractivity contribution in [2.45, 2.75) is 0 Å². The van der Waals surface area contributed by atoms with Gasteiger partial charge in [0.2, 0.25) is 0 Å². The van der Waals surface area contributed by atoms with Crippen LogP contribution < -0.4 is 4.74 Å². The first kappa shape index (κ1) is 9.72. The molecule has 2 aromatic heterocycles. The predicted molar refractivity (Wildman–Crippen MR) is 53.3 cm³/mol. The maximum absolute atomic E-state index is 10.8. The highest BCUT2D eigenvalue weighted by atomic mass is 32.1. The molecule has 0 aliphatic carbocycles. The Labute approximate surface area is 88.9 Å². The smallest absolute Gasteiger partial charge is 0.346 e. The van der Waals surface area contributed by atoms with Crippen LogP contribution in [0.15, 0.2) is 22.0 Å². The normalized spacial score (nSPS) is 10.2. The zero-order valence-corrected chi connectivity index (χ0v) is 8.58. The standard InChI is InChI=1S/C9H7NO4S/c1-13-7-4-6(14-10-7)5-2-3-15-8(5)9(11)12/h2-4H,1H3,(H,11,12). The van der Waals surface area contributed by atoms with Crippen LogP contribution in [0.2, 0.25) is 0 Å². The summed E-state index contributed by atoms with van der Waals surface area (Å²) in [7, 11) is 1.47. The third kappa shape index (κ3) is 1.71. The third-order valence-electron chi connectivity index (χ3n) is 1.82. The SMILES string of the molecule is COc1cc(-c2ccsc2C(=O)O)on1. The number of carbonyl (C=O) groups is 1. The summed E-state index contributed by atoms with van der Waals surface area (Å²) >= 11 is 1.14. The van der Waals surface area contributed by atoms with E-state index in [1.54, 1.807) is 17.5 Å². The van der Waals surface area contributed by atoms with Gasteiger partial charge < -0.3 is 14.4 Å². The lowest BCUT2D eigenvalue weighted by atomic mass is 10.2. The molecule has 0 unspecified atom stereocenters. The Hall–Kier alpha value is -1.82. The number of carboxylic acid groups (broad SMARTS) is 1. The van der Waals surface area contributed by atoms with Crippen molar-refractivity contribution in [2.75, 3.05) is 7.11 Å². The van der Waals surface area contributed by atoms with Crippen LogP contribution in [0.3, 0.4) is 0 Å². The molecule has 0 atom stereocenters. The van der Waals surface area contributed by atoms with Crippen LogP contribution in [0.1, 0.15) is 9.67 Å². The average molecular weight is 225 g/mol. The molecule has 0 fully saturated rings. The fraction of sp³-hybridized carbons (Fsp3) is 0.111. The first-order chi connectivity index (χ1) is 7.22. The van der Waals surface area contributed by atoms with E-state index in [0.717, 1.165) is 11.3 Å². The second-order valence-electron chi connectivity index (χ2n) is 2.70. The van der Waals surface area contributed by atoms with Gasteiger partial charge in [-0.05, 0) is 16.6 Å². The number of methoxy groups -OCH3 is 1. The Kier molecular flexibility index (Phi) is 2.42. The van der Waals surface area contributed by atoms with Crippen molar-refractivity contribution in [1.29, 1.82) is 0 Å². The monoisotopic (exact) mass is 225 g/mol. The van der Waals surface area contributed by atoms with Crippen LogP contribution in [0.25, 0.3) is 11.3 Å². The van der Waals surface area contributed by atoms with Crippen molar-refractivity contribution in [3.05, 3.63) is 22.4 Å². The van der Waals surface area contributed by atoms with Crippen molar-refractivity contribution in [3.8, 4) is 17.2 Å². The van der Waals surface area contributed by atoms with Gasteiger partial charge in [-0.1, -0.05) is 0 Å². The Morgan fingerprint density at radius 3 is 3.07 bits per heavy atom. The second-order valence-corrected chi connectivity index (χ2v) is 3.62. The maximum atomic E-state index is 10.8. The van der Waals surface area contributed by atoms with E-state index in [9.17, 15) is 4.79 Å². The van der Waals surface area contributed by atoms with Crippen molar-refractivity contribution >= 4 is 17.3 Å². The van der Waals surface area contributed by atoms with Gasteiger partial charge in [0, 0.05) is 11.6 Å². The van der Waals surface area contributed by atoms with E-state index in [2.05, 4.69) is 5.16 Å². The first-order valence-corrected chi connectivity index (χ1v) is 4.92. The Balaban J connectivity index is 2.44. The van der Waals surface area contributed by atoms with E-state index >= 15 is 0 Å². The minimum atomic E-state index is -0.977. The second kappa shape index (κ2) is 3.74. The lowest BCUT2D eigenvalue weighted by molar-refractivity contribution is 0.0702. The van der Waals surface area contributed by atoms with Crippen molar-refractivity contribution in [3.63, 3.8) is 0 Å². The van der Waals surface area contributed by atoms with Crippen LogP contribution in [0.5, 0.6) is 5.88 Å². The van der Waals surface area contributed by atoms with Gasteiger partial charge in [-0.2, -0.15) is 0 Å². The number of thiophene rings is 1. The van der Waals surface area contributed by atoms with Gasteiger partial charge in [0.05, 0.1) is 7.11 Å². The summed E-state index contributed by atoms with van der Waals surface area (Å²) in [6.45, 7) is 0. The van der Waals surface area contributed by atoms with E-state index in [0.29, 0.717) is 17.2 Å². The quantitative estimate of drug-likeness (QED) is 0.866. The Morgan fingerprint density at radius 2 is 2.47 bits per heavy atom. The highest BCUT2D eigenvalue weighted by Gasteiger charge is 2.17. The van der Waals surface area contributed by atoms with Crippen molar-refractivity contribution < 1.29 is 19.2 Å². The van der Waals surface area contributed by atoms with Crippen LogP contribution in [0.4, 0.5) is 0 Å². The molecule has 1 N–H and O–H groups in total. The van der Waals surface area contributed by atoms with E-state index in [1.165, 1.54) is 7.11 Å². The van der Waals surface area contributed by atoms with Crippen LogP contribution in [-0.2, 0) is 0 Å². The van der Waals surface area contributed by atoms with Gasteiger partial charge in [0.25, 0.3) is 5.88 Å². The molecule has 6 heteroatoms. The molecule has 0 aliphatic rings.